The van der Waals surface area contributed by atoms with Crippen LogP contribution in [0.4, 0.5) is 11.4 Å². The van der Waals surface area contributed by atoms with Gasteiger partial charge in [0.15, 0.2) is 17.2 Å². The summed E-state index contributed by atoms with van der Waals surface area (Å²) in [6, 6.07) is 22.4. The summed E-state index contributed by atoms with van der Waals surface area (Å²) < 4.78 is 17.2. The number of hydrogen-bond acceptors (Lipinski definition) is 5. The van der Waals surface area contributed by atoms with Crippen molar-refractivity contribution in [1.82, 2.24) is 0 Å². The van der Waals surface area contributed by atoms with E-state index in [2.05, 4.69) is 10.6 Å². The number of hydrogen-bond donors (Lipinski definition) is 2. The molecule has 4 rings (SSSR count). The largest absolute Gasteiger partial charge is 0.490 e. The highest BCUT2D eigenvalue weighted by molar-refractivity contribution is 5.94. The molecule has 0 saturated carbocycles. The molecule has 0 aromatic heterocycles. The first-order valence-electron chi connectivity index (χ1n) is 9.53. The van der Waals surface area contributed by atoms with Crippen molar-refractivity contribution in [1.29, 1.82) is 0 Å². The van der Waals surface area contributed by atoms with Crippen LogP contribution in [-0.2, 0) is 4.79 Å². The van der Waals surface area contributed by atoms with Gasteiger partial charge in [0.05, 0.1) is 25.4 Å². The van der Waals surface area contributed by atoms with Crippen LogP contribution in [0.3, 0.4) is 0 Å². The highest BCUT2D eigenvalue weighted by atomic mass is 16.5. The monoisotopic (exact) mass is 390 g/mol. The van der Waals surface area contributed by atoms with Crippen molar-refractivity contribution in [3.63, 3.8) is 0 Å². The Hall–Kier alpha value is -3.67. The summed E-state index contributed by atoms with van der Waals surface area (Å²) in [4.78, 5) is 12.4. The summed E-state index contributed by atoms with van der Waals surface area (Å²) in [5.41, 5.74) is 1.40. The van der Waals surface area contributed by atoms with Crippen molar-refractivity contribution >= 4 is 17.3 Å². The van der Waals surface area contributed by atoms with E-state index in [1.807, 2.05) is 60.7 Å². The molecule has 1 amide bonds. The fourth-order valence-electron chi connectivity index (χ4n) is 2.94. The molecule has 1 aliphatic heterocycles. The number of benzene rings is 3. The Morgan fingerprint density at radius 3 is 2.52 bits per heavy atom. The van der Waals surface area contributed by atoms with Gasteiger partial charge in [0.1, 0.15) is 5.75 Å². The fourth-order valence-corrected chi connectivity index (χ4v) is 2.94. The molecule has 6 nitrogen and oxygen atoms in total. The SMILES string of the molecule is O=C(CNc1ccccc1Oc1ccccc1)Nc1ccc2c(c1)OCCCO2. The number of fused-ring (bicyclic) bond motifs is 1. The normalized spacial score (nSPS) is 12.6. The van der Waals surface area contributed by atoms with Crippen LogP contribution in [-0.4, -0.2) is 25.7 Å². The third kappa shape index (κ3) is 4.99. The van der Waals surface area contributed by atoms with Crippen molar-refractivity contribution in [2.45, 2.75) is 6.42 Å². The van der Waals surface area contributed by atoms with E-state index < -0.39 is 0 Å². The summed E-state index contributed by atoms with van der Waals surface area (Å²) in [6.45, 7) is 1.33. The molecule has 0 saturated heterocycles. The van der Waals surface area contributed by atoms with E-state index in [1.165, 1.54) is 0 Å². The summed E-state index contributed by atoms with van der Waals surface area (Å²) in [5.74, 6) is 2.56. The number of rotatable bonds is 6. The first-order chi connectivity index (χ1) is 14.3. The highest BCUT2D eigenvalue weighted by Crippen LogP contribution is 2.32. The minimum Gasteiger partial charge on any atom is -0.490 e. The van der Waals surface area contributed by atoms with E-state index in [0.717, 1.165) is 17.9 Å². The van der Waals surface area contributed by atoms with E-state index in [1.54, 1.807) is 12.1 Å². The van der Waals surface area contributed by atoms with E-state index in [9.17, 15) is 4.79 Å². The van der Waals surface area contributed by atoms with Crippen LogP contribution >= 0.6 is 0 Å². The van der Waals surface area contributed by atoms with Crippen molar-refractivity contribution in [3.8, 4) is 23.0 Å². The van der Waals surface area contributed by atoms with Gasteiger partial charge in [-0.05, 0) is 36.4 Å². The van der Waals surface area contributed by atoms with Crippen LogP contribution in [0.25, 0.3) is 0 Å². The van der Waals surface area contributed by atoms with Gasteiger partial charge in [0.2, 0.25) is 5.91 Å². The first-order valence-corrected chi connectivity index (χ1v) is 9.53. The van der Waals surface area contributed by atoms with E-state index >= 15 is 0 Å². The lowest BCUT2D eigenvalue weighted by atomic mass is 10.2. The minimum atomic E-state index is -0.172. The lowest BCUT2D eigenvalue weighted by Gasteiger charge is -2.14. The Labute approximate surface area is 169 Å². The smallest absolute Gasteiger partial charge is 0.243 e. The maximum Gasteiger partial charge on any atom is 0.243 e. The second-order valence-corrected chi connectivity index (χ2v) is 6.52. The van der Waals surface area contributed by atoms with Gasteiger partial charge in [-0.1, -0.05) is 30.3 Å². The van der Waals surface area contributed by atoms with Crippen molar-refractivity contribution < 1.29 is 19.0 Å². The molecule has 0 bridgehead atoms. The lowest BCUT2D eigenvalue weighted by Crippen LogP contribution is -2.21. The standard InChI is InChI=1S/C23H22N2O4/c26-23(25-17-11-12-21-22(15-17)28-14-6-13-27-21)16-24-19-9-4-5-10-20(19)29-18-7-2-1-3-8-18/h1-5,7-12,15,24H,6,13-14,16H2,(H,25,26). The summed E-state index contributed by atoms with van der Waals surface area (Å²) >= 11 is 0. The molecule has 0 atom stereocenters. The van der Waals surface area contributed by atoms with Crippen LogP contribution in [0.1, 0.15) is 6.42 Å². The molecule has 148 valence electrons. The molecule has 0 spiro atoms. The Morgan fingerprint density at radius 2 is 1.66 bits per heavy atom. The zero-order valence-corrected chi connectivity index (χ0v) is 15.9. The lowest BCUT2D eigenvalue weighted by molar-refractivity contribution is -0.114. The van der Waals surface area contributed by atoms with Crippen LogP contribution < -0.4 is 24.8 Å². The van der Waals surface area contributed by atoms with Gasteiger partial charge in [-0.15, -0.1) is 0 Å². The molecule has 0 aliphatic carbocycles. The zero-order valence-electron chi connectivity index (χ0n) is 15.9. The molecule has 0 unspecified atom stereocenters. The maximum absolute atomic E-state index is 12.4. The van der Waals surface area contributed by atoms with Gasteiger partial charge in [0.25, 0.3) is 0 Å². The average molecular weight is 390 g/mol. The zero-order chi connectivity index (χ0) is 19.9. The first kappa shape index (κ1) is 18.7. The predicted molar refractivity (Wildman–Crippen MR) is 112 cm³/mol. The Bertz CT molecular complexity index is 976. The number of nitrogens with one attached hydrogen (secondary N) is 2. The van der Waals surface area contributed by atoms with Crippen LogP contribution in [0.15, 0.2) is 72.8 Å². The van der Waals surface area contributed by atoms with Crippen LogP contribution in [0.5, 0.6) is 23.0 Å². The molecule has 6 heteroatoms. The third-order valence-electron chi connectivity index (χ3n) is 4.33. The Balaban J connectivity index is 1.37. The molecule has 0 radical (unpaired) electrons. The summed E-state index contributed by atoms with van der Waals surface area (Å²) in [5, 5.41) is 6.01. The molecule has 29 heavy (non-hydrogen) atoms. The number of amides is 1. The molecule has 1 aliphatic rings. The third-order valence-corrected chi connectivity index (χ3v) is 4.33. The van der Waals surface area contributed by atoms with Crippen LogP contribution in [0.2, 0.25) is 0 Å². The molecule has 2 N–H and O–H groups in total. The second-order valence-electron chi connectivity index (χ2n) is 6.52. The molecular weight excluding hydrogens is 368 g/mol. The summed E-state index contributed by atoms with van der Waals surface area (Å²) in [7, 11) is 0. The quantitative estimate of drug-likeness (QED) is 0.639. The second kappa shape index (κ2) is 9.01. The van der Waals surface area contributed by atoms with Crippen molar-refractivity contribution in [2.24, 2.45) is 0 Å². The summed E-state index contributed by atoms with van der Waals surface area (Å²) in [6.07, 6.45) is 0.838. The molecule has 3 aromatic rings. The minimum absolute atomic E-state index is 0.101. The van der Waals surface area contributed by atoms with Crippen molar-refractivity contribution in [3.05, 3.63) is 72.8 Å². The number of carbonyl (C=O) groups excluding carboxylic acids is 1. The Morgan fingerprint density at radius 1 is 0.897 bits per heavy atom. The predicted octanol–water partition coefficient (Wildman–Crippen LogP) is 4.69. The van der Waals surface area contributed by atoms with Gasteiger partial charge in [-0.25, -0.2) is 0 Å². The van der Waals surface area contributed by atoms with Gasteiger partial charge in [-0.3, -0.25) is 4.79 Å². The highest BCUT2D eigenvalue weighted by Gasteiger charge is 2.12. The maximum atomic E-state index is 12.4. The van der Waals surface area contributed by atoms with E-state index in [-0.39, 0.29) is 12.5 Å². The molecule has 1 heterocycles. The number of carbonyl (C=O) groups is 1. The molecule has 0 fully saturated rings. The molecule has 3 aromatic carbocycles. The van der Waals surface area contributed by atoms with Gasteiger partial charge in [0, 0.05) is 18.2 Å². The van der Waals surface area contributed by atoms with Crippen molar-refractivity contribution in [2.75, 3.05) is 30.4 Å². The topological polar surface area (TPSA) is 68.8 Å². The number of anilines is 2. The molecular formula is C23H22N2O4. The van der Waals surface area contributed by atoms with Gasteiger partial charge >= 0.3 is 0 Å². The average Bonchev–Trinajstić information content (AvgIpc) is 2.99. The number of para-hydroxylation sites is 3. The Kier molecular flexibility index (Phi) is 5.81. The van der Waals surface area contributed by atoms with E-state index in [0.29, 0.717) is 36.1 Å². The van der Waals surface area contributed by atoms with Gasteiger partial charge in [-0.2, -0.15) is 0 Å². The van der Waals surface area contributed by atoms with Gasteiger partial charge < -0.3 is 24.8 Å². The van der Waals surface area contributed by atoms with E-state index in [4.69, 9.17) is 14.2 Å². The number of ether oxygens (including phenoxy) is 3. The van der Waals surface area contributed by atoms with Crippen LogP contribution in [0, 0.1) is 0 Å². The fraction of sp³-hybridized carbons (Fsp3) is 0.174.